The van der Waals surface area contributed by atoms with Gasteiger partial charge in [-0.15, -0.1) is 0 Å². The van der Waals surface area contributed by atoms with Crippen LogP contribution in [0, 0.1) is 6.92 Å². The zero-order valence-corrected chi connectivity index (χ0v) is 17.7. The Morgan fingerprint density at radius 2 is 1.52 bits per heavy atom. The van der Waals surface area contributed by atoms with Gasteiger partial charge in [-0.2, -0.15) is 0 Å². The molecule has 0 bridgehead atoms. The largest absolute Gasteiger partial charge is 0.339 e. The Morgan fingerprint density at radius 1 is 0.871 bits per heavy atom. The van der Waals surface area contributed by atoms with Crippen molar-refractivity contribution in [2.45, 2.75) is 13.8 Å². The summed E-state index contributed by atoms with van der Waals surface area (Å²) in [4.78, 5) is 36.6. The summed E-state index contributed by atoms with van der Waals surface area (Å²) in [5.41, 5.74) is 4.50. The van der Waals surface area contributed by atoms with Crippen molar-refractivity contribution in [3.05, 3.63) is 71.9 Å². The van der Waals surface area contributed by atoms with E-state index in [9.17, 15) is 9.59 Å². The van der Waals surface area contributed by atoms with Crippen LogP contribution in [0.1, 0.15) is 22.8 Å². The first-order chi connectivity index (χ1) is 15.0. The molecule has 1 fully saturated rings. The zero-order chi connectivity index (χ0) is 21.8. The van der Waals surface area contributed by atoms with Gasteiger partial charge in [-0.25, -0.2) is 9.97 Å². The van der Waals surface area contributed by atoms with E-state index in [1.165, 1.54) is 5.56 Å². The third-order valence-electron chi connectivity index (χ3n) is 5.40. The molecule has 1 aliphatic rings. The second-order valence-electron chi connectivity index (χ2n) is 7.63. The van der Waals surface area contributed by atoms with Crippen LogP contribution in [-0.2, 0) is 4.79 Å². The Labute approximate surface area is 181 Å². The van der Waals surface area contributed by atoms with Crippen LogP contribution in [-0.4, -0.2) is 57.8 Å². The Kier molecular flexibility index (Phi) is 5.93. The SMILES string of the molecule is CC(=O)N1CCN(C(=O)c2ccc(Nc3nccc(-c4ccc(C)cc4)n3)cc2)CC1. The van der Waals surface area contributed by atoms with Gasteiger partial charge >= 0.3 is 0 Å². The van der Waals surface area contributed by atoms with Crippen LogP contribution in [0.2, 0.25) is 0 Å². The van der Waals surface area contributed by atoms with Crippen molar-refractivity contribution in [2.24, 2.45) is 0 Å². The van der Waals surface area contributed by atoms with E-state index in [0.29, 0.717) is 37.7 Å². The Balaban J connectivity index is 1.41. The number of nitrogens with one attached hydrogen (secondary N) is 1. The number of piperazine rings is 1. The van der Waals surface area contributed by atoms with Crippen molar-refractivity contribution in [2.75, 3.05) is 31.5 Å². The van der Waals surface area contributed by atoms with Crippen LogP contribution >= 0.6 is 0 Å². The first kappa shape index (κ1) is 20.5. The molecule has 0 aliphatic carbocycles. The molecule has 0 saturated carbocycles. The summed E-state index contributed by atoms with van der Waals surface area (Å²) in [6.07, 6.45) is 1.73. The molecule has 1 aliphatic heterocycles. The number of amides is 2. The van der Waals surface area contributed by atoms with Gasteiger partial charge in [-0.1, -0.05) is 29.8 Å². The predicted octanol–water partition coefficient (Wildman–Crippen LogP) is 3.50. The third-order valence-corrected chi connectivity index (χ3v) is 5.40. The quantitative estimate of drug-likeness (QED) is 0.706. The van der Waals surface area contributed by atoms with Gasteiger partial charge in [0.15, 0.2) is 0 Å². The van der Waals surface area contributed by atoms with E-state index in [1.807, 2.05) is 30.3 Å². The first-order valence-electron chi connectivity index (χ1n) is 10.3. The number of carbonyl (C=O) groups is 2. The number of hydrogen-bond acceptors (Lipinski definition) is 5. The van der Waals surface area contributed by atoms with Gasteiger partial charge in [0, 0.05) is 56.1 Å². The van der Waals surface area contributed by atoms with Crippen molar-refractivity contribution >= 4 is 23.5 Å². The van der Waals surface area contributed by atoms with Crippen molar-refractivity contribution in [1.29, 1.82) is 0 Å². The lowest BCUT2D eigenvalue weighted by atomic mass is 10.1. The van der Waals surface area contributed by atoms with Crippen LogP contribution in [0.15, 0.2) is 60.8 Å². The van der Waals surface area contributed by atoms with E-state index in [-0.39, 0.29) is 11.8 Å². The summed E-state index contributed by atoms with van der Waals surface area (Å²) in [6.45, 7) is 5.88. The van der Waals surface area contributed by atoms with Crippen molar-refractivity contribution in [3.8, 4) is 11.3 Å². The minimum absolute atomic E-state index is 0.0210. The Morgan fingerprint density at radius 3 is 2.16 bits per heavy atom. The van der Waals surface area contributed by atoms with Crippen molar-refractivity contribution < 1.29 is 9.59 Å². The molecular weight excluding hydrogens is 390 g/mol. The lowest BCUT2D eigenvalue weighted by Gasteiger charge is -2.34. The van der Waals surface area contributed by atoms with E-state index in [1.54, 1.807) is 35.1 Å². The number of hydrogen-bond donors (Lipinski definition) is 1. The average molecular weight is 415 g/mol. The van der Waals surface area contributed by atoms with E-state index in [4.69, 9.17) is 0 Å². The van der Waals surface area contributed by atoms with Gasteiger partial charge in [0.2, 0.25) is 11.9 Å². The van der Waals surface area contributed by atoms with Crippen LogP contribution in [0.3, 0.4) is 0 Å². The normalized spacial score (nSPS) is 13.7. The molecule has 158 valence electrons. The predicted molar refractivity (Wildman–Crippen MR) is 120 cm³/mol. The molecule has 31 heavy (non-hydrogen) atoms. The maximum Gasteiger partial charge on any atom is 0.253 e. The fraction of sp³-hybridized carbons (Fsp3) is 0.250. The molecule has 7 heteroatoms. The summed E-state index contributed by atoms with van der Waals surface area (Å²) >= 11 is 0. The third kappa shape index (κ3) is 4.88. The molecule has 4 rings (SSSR count). The Bertz CT molecular complexity index is 1070. The number of aryl methyl sites for hydroxylation is 1. The number of rotatable bonds is 4. The second-order valence-corrected chi connectivity index (χ2v) is 7.63. The molecule has 1 saturated heterocycles. The van der Waals surface area contributed by atoms with Gasteiger partial charge in [-0.3, -0.25) is 9.59 Å². The highest BCUT2D eigenvalue weighted by atomic mass is 16.2. The Hall–Kier alpha value is -3.74. The number of aromatic nitrogens is 2. The summed E-state index contributed by atoms with van der Waals surface area (Å²) in [5, 5.41) is 3.20. The van der Waals surface area contributed by atoms with Gasteiger partial charge in [-0.05, 0) is 37.3 Å². The molecule has 1 N–H and O–H groups in total. The molecule has 3 aromatic rings. The lowest BCUT2D eigenvalue weighted by Crippen LogP contribution is -2.50. The highest BCUT2D eigenvalue weighted by Gasteiger charge is 2.23. The second kappa shape index (κ2) is 8.95. The van der Waals surface area contributed by atoms with Gasteiger partial charge in [0.05, 0.1) is 5.69 Å². The molecule has 0 spiro atoms. The van der Waals surface area contributed by atoms with Gasteiger partial charge in [0.1, 0.15) is 0 Å². The van der Waals surface area contributed by atoms with Crippen LogP contribution in [0.5, 0.6) is 0 Å². The topological polar surface area (TPSA) is 78.4 Å². The molecular formula is C24H25N5O2. The summed E-state index contributed by atoms with van der Waals surface area (Å²) in [7, 11) is 0. The van der Waals surface area contributed by atoms with E-state index < -0.39 is 0 Å². The number of carbonyl (C=O) groups excluding carboxylic acids is 2. The van der Waals surface area contributed by atoms with Crippen LogP contribution < -0.4 is 5.32 Å². The summed E-state index contributed by atoms with van der Waals surface area (Å²) < 4.78 is 0. The maximum atomic E-state index is 12.7. The number of anilines is 2. The molecule has 0 unspecified atom stereocenters. The fourth-order valence-electron chi connectivity index (χ4n) is 3.54. The molecule has 0 atom stereocenters. The van der Waals surface area contributed by atoms with E-state index in [0.717, 1.165) is 16.9 Å². The smallest absolute Gasteiger partial charge is 0.253 e. The minimum Gasteiger partial charge on any atom is -0.339 e. The van der Waals surface area contributed by atoms with Gasteiger partial charge in [0.25, 0.3) is 5.91 Å². The fourth-order valence-corrected chi connectivity index (χ4v) is 3.54. The van der Waals surface area contributed by atoms with Gasteiger partial charge < -0.3 is 15.1 Å². The molecule has 1 aromatic heterocycles. The van der Waals surface area contributed by atoms with Crippen molar-refractivity contribution in [3.63, 3.8) is 0 Å². The van der Waals surface area contributed by atoms with Crippen LogP contribution in [0.4, 0.5) is 11.6 Å². The summed E-state index contributed by atoms with van der Waals surface area (Å²) in [6, 6.07) is 17.4. The van der Waals surface area contributed by atoms with Crippen LogP contribution in [0.25, 0.3) is 11.3 Å². The minimum atomic E-state index is -0.0210. The maximum absolute atomic E-state index is 12.7. The van der Waals surface area contributed by atoms with Crippen molar-refractivity contribution in [1.82, 2.24) is 19.8 Å². The molecule has 2 amide bonds. The monoisotopic (exact) mass is 415 g/mol. The number of nitrogens with zero attached hydrogens (tertiary/aromatic N) is 4. The highest BCUT2D eigenvalue weighted by Crippen LogP contribution is 2.20. The standard InChI is InChI=1S/C24H25N5O2/c1-17-3-5-19(6-4-17)22-11-12-25-24(27-22)26-21-9-7-20(8-10-21)23(31)29-15-13-28(14-16-29)18(2)30/h3-12H,13-16H2,1-2H3,(H,25,26,27). The molecule has 7 nitrogen and oxygen atoms in total. The first-order valence-corrected chi connectivity index (χ1v) is 10.3. The number of benzene rings is 2. The highest BCUT2D eigenvalue weighted by molar-refractivity contribution is 5.94. The average Bonchev–Trinajstić information content (AvgIpc) is 2.80. The molecule has 2 heterocycles. The zero-order valence-electron chi connectivity index (χ0n) is 17.7. The van der Waals surface area contributed by atoms with E-state index in [2.05, 4.69) is 34.3 Å². The molecule has 0 radical (unpaired) electrons. The summed E-state index contributed by atoms with van der Waals surface area (Å²) in [5.74, 6) is 0.529. The lowest BCUT2D eigenvalue weighted by molar-refractivity contribution is -0.130. The molecule has 2 aromatic carbocycles. The van der Waals surface area contributed by atoms with E-state index >= 15 is 0 Å².